The fourth-order valence-electron chi connectivity index (χ4n) is 1.95. The van der Waals surface area contributed by atoms with E-state index in [4.69, 9.17) is 27.9 Å². The molecule has 1 aliphatic heterocycles. The molecule has 2 amide bonds. The summed E-state index contributed by atoms with van der Waals surface area (Å²) < 4.78 is 5.20. The zero-order valence-corrected chi connectivity index (χ0v) is 12.0. The molecule has 1 N–H and O–H groups in total. The van der Waals surface area contributed by atoms with Crippen LogP contribution >= 0.6 is 23.2 Å². The maximum atomic E-state index is 11.8. The summed E-state index contributed by atoms with van der Waals surface area (Å²) in [7, 11) is 0. The number of benzene rings is 1. The molecule has 6 heteroatoms. The summed E-state index contributed by atoms with van der Waals surface area (Å²) in [5.41, 5.74) is 1.01. The number of halogens is 2. The van der Waals surface area contributed by atoms with E-state index in [1.54, 1.807) is 11.0 Å². The molecule has 0 bridgehead atoms. The van der Waals surface area contributed by atoms with Crippen LogP contribution in [0.25, 0.3) is 0 Å². The monoisotopic (exact) mass is 302 g/mol. The highest BCUT2D eigenvalue weighted by Gasteiger charge is 2.15. The van der Waals surface area contributed by atoms with E-state index in [1.165, 1.54) is 0 Å². The second-order valence-corrected chi connectivity index (χ2v) is 5.23. The molecule has 1 saturated heterocycles. The summed E-state index contributed by atoms with van der Waals surface area (Å²) >= 11 is 11.8. The van der Waals surface area contributed by atoms with E-state index in [0.29, 0.717) is 49.3 Å². The lowest BCUT2D eigenvalue weighted by Gasteiger charge is -2.26. The Bertz CT molecular complexity index is 428. The van der Waals surface area contributed by atoms with Crippen LogP contribution < -0.4 is 5.32 Å². The van der Waals surface area contributed by atoms with Gasteiger partial charge in [-0.3, -0.25) is 0 Å². The SMILES string of the molecule is O=C(NCCc1cc(Cl)cc(Cl)c1)N1CCOCC1. The van der Waals surface area contributed by atoms with E-state index >= 15 is 0 Å². The molecule has 1 fully saturated rings. The second kappa shape index (κ2) is 6.98. The topological polar surface area (TPSA) is 41.6 Å². The van der Waals surface area contributed by atoms with Gasteiger partial charge in [0.05, 0.1) is 13.2 Å². The number of rotatable bonds is 3. The van der Waals surface area contributed by atoms with Gasteiger partial charge in [0.2, 0.25) is 0 Å². The van der Waals surface area contributed by atoms with Gasteiger partial charge in [-0.15, -0.1) is 0 Å². The van der Waals surface area contributed by atoms with Crippen LogP contribution in [0.4, 0.5) is 4.79 Å². The lowest BCUT2D eigenvalue weighted by molar-refractivity contribution is 0.0533. The Balaban J connectivity index is 1.77. The van der Waals surface area contributed by atoms with Crippen molar-refractivity contribution in [3.8, 4) is 0 Å². The third kappa shape index (κ3) is 4.56. The Morgan fingerprint density at radius 3 is 2.47 bits per heavy atom. The number of nitrogens with zero attached hydrogens (tertiary/aromatic N) is 1. The molecule has 0 aliphatic carbocycles. The molecule has 1 aliphatic rings. The maximum absolute atomic E-state index is 11.8. The molecule has 1 aromatic carbocycles. The Morgan fingerprint density at radius 1 is 1.21 bits per heavy atom. The first kappa shape index (κ1) is 14.4. The van der Waals surface area contributed by atoms with Crippen LogP contribution in [0.2, 0.25) is 10.0 Å². The molecule has 0 aromatic heterocycles. The van der Waals surface area contributed by atoms with Gasteiger partial charge in [-0.25, -0.2) is 4.79 Å². The molecule has 0 saturated carbocycles. The largest absolute Gasteiger partial charge is 0.378 e. The van der Waals surface area contributed by atoms with E-state index in [2.05, 4.69) is 5.32 Å². The van der Waals surface area contributed by atoms with Gasteiger partial charge in [0.25, 0.3) is 0 Å². The minimum atomic E-state index is -0.0450. The normalized spacial score (nSPS) is 15.4. The fourth-order valence-corrected chi connectivity index (χ4v) is 2.52. The molecule has 104 valence electrons. The van der Waals surface area contributed by atoms with Crippen LogP contribution in [0.3, 0.4) is 0 Å². The number of carbonyl (C=O) groups excluding carboxylic acids is 1. The van der Waals surface area contributed by atoms with Crippen molar-refractivity contribution < 1.29 is 9.53 Å². The number of hydrogen-bond donors (Lipinski definition) is 1. The molecule has 1 aromatic rings. The number of carbonyl (C=O) groups is 1. The zero-order chi connectivity index (χ0) is 13.7. The average molecular weight is 303 g/mol. The molecule has 0 spiro atoms. The fraction of sp³-hybridized carbons (Fsp3) is 0.462. The number of urea groups is 1. The van der Waals surface area contributed by atoms with E-state index in [-0.39, 0.29) is 6.03 Å². The van der Waals surface area contributed by atoms with Crippen LogP contribution in [0.1, 0.15) is 5.56 Å². The van der Waals surface area contributed by atoms with E-state index < -0.39 is 0 Å². The van der Waals surface area contributed by atoms with Crippen LogP contribution in [-0.4, -0.2) is 43.8 Å². The summed E-state index contributed by atoms with van der Waals surface area (Å²) in [5, 5.41) is 4.11. The number of hydrogen-bond acceptors (Lipinski definition) is 2. The number of nitrogens with one attached hydrogen (secondary N) is 1. The summed E-state index contributed by atoms with van der Waals surface area (Å²) in [6.07, 6.45) is 0.705. The average Bonchev–Trinajstić information content (AvgIpc) is 2.38. The first-order valence-corrected chi connectivity index (χ1v) is 6.96. The van der Waals surface area contributed by atoms with Crippen molar-refractivity contribution in [2.24, 2.45) is 0 Å². The molecule has 4 nitrogen and oxygen atoms in total. The minimum Gasteiger partial charge on any atom is -0.378 e. The maximum Gasteiger partial charge on any atom is 0.317 e. The van der Waals surface area contributed by atoms with Crippen LogP contribution in [0, 0.1) is 0 Å². The summed E-state index contributed by atoms with van der Waals surface area (Å²) in [4.78, 5) is 13.6. The molecule has 0 radical (unpaired) electrons. The van der Waals surface area contributed by atoms with E-state index in [1.807, 2.05) is 12.1 Å². The van der Waals surface area contributed by atoms with Crippen LogP contribution in [-0.2, 0) is 11.2 Å². The van der Waals surface area contributed by atoms with Crippen molar-refractivity contribution in [2.75, 3.05) is 32.8 Å². The highest BCUT2D eigenvalue weighted by atomic mass is 35.5. The smallest absolute Gasteiger partial charge is 0.317 e. The van der Waals surface area contributed by atoms with Gasteiger partial charge in [0, 0.05) is 29.7 Å². The van der Waals surface area contributed by atoms with Gasteiger partial charge in [-0.2, -0.15) is 0 Å². The van der Waals surface area contributed by atoms with Crippen molar-refractivity contribution >= 4 is 29.2 Å². The number of morpholine rings is 1. The van der Waals surface area contributed by atoms with Crippen molar-refractivity contribution in [3.63, 3.8) is 0 Å². The number of ether oxygens (including phenoxy) is 1. The molecule has 1 heterocycles. The highest BCUT2D eigenvalue weighted by molar-refractivity contribution is 6.34. The van der Waals surface area contributed by atoms with Gasteiger partial charge in [-0.1, -0.05) is 23.2 Å². The lowest BCUT2D eigenvalue weighted by Crippen LogP contribution is -2.46. The van der Waals surface area contributed by atoms with Gasteiger partial charge in [-0.05, 0) is 30.2 Å². The number of amides is 2. The van der Waals surface area contributed by atoms with Gasteiger partial charge >= 0.3 is 6.03 Å². The molecular formula is C13H16Cl2N2O2. The Hall–Kier alpha value is -0.970. The Kier molecular flexibility index (Phi) is 5.31. The van der Waals surface area contributed by atoms with Crippen LogP contribution in [0.5, 0.6) is 0 Å². The van der Waals surface area contributed by atoms with Crippen molar-refractivity contribution in [2.45, 2.75) is 6.42 Å². The third-order valence-corrected chi connectivity index (χ3v) is 3.35. The quantitative estimate of drug-likeness (QED) is 0.932. The van der Waals surface area contributed by atoms with Gasteiger partial charge < -0.3 is 15.0 Å². The first-order valence-electron chi connectivity index (χ1n) is 6.20. The first-order chi connectivity index (χ1) is 9.15. The molecule has 0 unspecified atom stereocenters. The van der Waals surface area contributed by atoms with Crippen molar-refractivity contribution in [1.82, 2.24) is 10.2 Å². The van der Waals surface area contributed by atoms with E-state index in [9.17, 15) is 4.79 Å². The molecule has 2 rings (SSSR count). The van der Waals surface area contributed by atoms with Crippen molar-refractivity contribution in [3.05, 3.63) is 33.8 Å². The summed E-state index contributed by atoms with van der Waals surface area (Å²) in [6, 6.07) is 5.36. The lowest BCUT2D eigenvalue weighted by atomic mass is 10.1. The third-order valence-electron chi connectivity index (χ3n) is 2.91. The van der Waals surface area contributed by atoms with Gasteiger partial charge in [0.1, 0.15) is 0 Å². The Morgan fingerprint density at radius 2 is 1.84 bits per heavy atom. The summed E-state index contributed by atoms with van der Waals surface area (Å²) in [5.74, 6) is 0. The molecule has 19 heavy (non-hydrogen) atoms. The summed E-state index contributed by atoms with van der Waals surface area (Å²) in [6.45, 7) is 3.07. The Labute approximate surface area is 122 Å². The second-order valence-electron chi connectivity index (χ2n) is 4.36. The van der Waals surface area contributed by atoms with Crippen LogP contribution in [0.15, 0.2) is 18.2 Å². The molecule has 0 atom stereocenters. The molecular weight excluding hydrogens is 287 g/mol. The highest BCUT2D eigenvalue weighted by Crippen LogP contribution is 2.19. The minimum absolute atomic E-state index is 0.0450. The van der Waals surface area contributed by atoms with E-state index in [0.717, 1.165) is 5.56 Å². The standard InChI is InChI=1S/C13H16Cl2N2O2/c14-11-7-10(8-12(15)9-11)1-2-16-13(18)17-3-5-19-6-4-17/h7-9H,1-6H2,(H,16,18). The predicted molar refractivity (Wildman–Crippen MR) is 76.0 cm³/mol. The predicted octanol–water partition coefficient (Wildman–Crippen LogP) is 2.58. The van der Waals surface area contributed by atoms with Gasteiger partial charge in [0.15, 0.2) is 0 Å². The zero-order valence-electron chi connectivity index (χ0n) is 10.5. The van der Waals surface area contributed by atoms with Crippen molar-refractivity contribution in [1.29, 1.82) is 0 Å².